The van der Waals surface area contributed by atoms with Gasteiger partial charge in [-0.25, -0.2) is 0 Å². The number of fused-ring (bicyclic) bond motifs is 1. The summed E-state index contributed by atoms with van der Waals surface area (Å²) in [5.41, 5.74) is 4.58. The van der Waals surface area contributed by atoms with Crippen molar-refractivity contribution in [1.82, 2.24) is 0 Å². The van der Waals surface area contributed by atoms with E-state index in [1.165, 1.54) is 43.0 Å². The van der Waals surface area contributed by atoms with Gasteiger partial charge in [-0.2, -0.15) is 0 Å². The highest BCUT2D eigenvalue weighted by molar-refractivity contribution is 7.82. The SMILES string of the molecule is C=CCOc1c([Si](C)(C)C)cc(C)cc1[Si](C)(C)C1C=C(P(c2ccccc2)c2ccccc2)c2ccccc21. The van der Waals surface area contributed by atoms with Crippen LogP contribution in [0.4, 0.5) is 0 Å². The minimum Gasteiger partial charge on any atom is -0.490 e. The molecule has 0 bridgehead atoms. The summed E-state index contributed by atoms with van der Waals surface area (Å²) in [6, 6.07) is 36.2. The van der Waals surface area contributed by atoms with Crippen molar-refractivity contribution in [3.63, 3.8) is 0 Å². The lowest BCUT2D eigenvalue weighted by atomic mass is 10.1. The normalized spacial score (nSPS) is 15.1. The van der Waals surface area contributed by atoms with Gasteiger partial charge in [0.1, 0.15) is 12.4 Å². The number of hydrogen-bond donors (Lipinski definition) is 0. The van der Waals surface area contributed by atoms with Gasteiger partial charge >= 0.3 is 0 Å². The Balaban J connectivity index is 1.72. The molecule has 0 radical (unpaired) electrons. The highest BCUT2D eigenvalue weighted by Crippen LogP contribution is 2.56. The van der Waals surface area contributed by atoms with E-state index in [0.29, 0.717) is 12.1 Å². The van der Waals surface area contributed by atoms with Gasteiger partial charge in [0, 0.05) is 5.54 Å². The molecule has 4 aromatic rings. The Hall–Kier alpha value is -2.98. The van der Waals surface area contributed by atoms with E-state index in [2.05, 4.69) is 149 Å². The first-order valence-corrected chi connectivity index (χ1v) is 22.2. The molecule has 1 aliphatic rings. The fourth-order valence-corrected chi connectivity index (χ4v) is 13.7. The van der Waals surface area contributed by atoms with Crippen molar-refractivity contribution in [3.8, 4) is 5.75 Å². The van der Waals surface area contributed by atoms with E-state index in [1.807, 2.05) is 6.08 Å². The second-order valence-electron chi connectivity index (χ2n) is 12.4. The van der Waals surface area contributed by atoms with Crippen molar-refractivity contribution in [2.45, 2.75) is 45.2 Å². The molecule has 4 heteroatoms. The van der Waals surface area contributed by atoms with Gasteiger partial charge in [-0.1, -0.05) is 154 Å². The van der Waals surface area contributed by atoms with Crippen LogP contribution < -0.4 is 25.7 Å². The Bertz CT molecular complexity index is 1500. The standard InChI is InChI=1S/C36H41OPSi2/c1-8-23-37-36-34(39(3,4)5)24-27(2)25-35(36)40(6,7)33-26-32(30-21-15-16-22-31(30)33)38(28-17-11-9-12-18-28)29-19-13-10-14-20-29/h8-22,24-26,33H,1,23H2,2-7H3. The first kappa shape index (κ1) is 28.5. The molecule has 0 aromatic heterocycles. The van der Waals surface area contributed by atoms with Crippen LogP contribution in [0.2, 0.25) is 32.7 Å². The molecule has 0 heterocycles. The molecule has 0 fully saturated rings. The fourth-order valence-electron chi connectivity index (χ4n) is 5.99. The van der Waals surface area contributed by atoms with Gasteiger partial charge in [0.15, 0.2) is 0 Å². The summed E-state index contributed by atoms with van der Waals surface area (Å²) < 4.78 is 6.58. The topological polar surface area (TPSA) is 9.23 Å². The van der Waals surface area contributed by atoms with Crippen LogP contribution in [0.25, 0.3) is 5.31 Å². The van der Waals surface area contributed by atoms with Crippen LogP contribution in [-0.4, -0.2) is 22.8 Å². The summed E-state index contributed by atoms with van der Waals surface area (Å²) in [6.45, 7) is 19.1. The zero-order valence-electron chi connectivity index (χ0n) is 24.7. The highest BCUT2D eigenvalue weighted by atomic mass is 31.1. The Morgan fingerprint density at radius 2 is 1.32 bits per heavy atom. The summed E-state index contributed by atoms with van der Waals surface area (Å²) in [6.07, 6.45) is 4.53. The molecular weight excluding hydrogens is 536 g/mol. The number of rotatable bonds is 9. The number of hydrogen-bond acceptors (Lipinski definition) is 1. The van der Waals surface area contributed by atoms with E-state index in [4.69, 9.17) is 4.74 Å². The third kappa shape index (κ3) is 5.48. The highest BCUT2D eigenvalue weighted by Gasteiger charge is 2.43. The molecule has 40 heavy (non-hydrogen) atoms. The molecular formula is C36H41OPSi2. The number of ether oxygens (including phenoxy) is 1. The Morgan fingerprint density at radius 1 is 0.775 bits per heavy atom. The summed E-state index contributed by atoms with van der Waals surface area (Å²) >= 11 is 0. The van der Waals surface area contributed by atoms with Gasteiger partial charge in [-0.05, 0) is 52.3 Å². The maximum atomic E-state index is 6.58. The molecule has 1 aliphatic carbocycles. The quantitative estimate of drug-likeness (QED) is 0.112. The number of aryl methyl sites for hydroxylation is 1. The number of allylic oxidation sites excluding steroid dienone is 1. The minimum atomic E-state index is -2.13. The van der Waals surface area contributed by atoms with E-state index in [1.54, 1.807) is 0 Å². The van der Waals surface area contributed by atoms with Crippen LogP contribution in [0.1, 0.15) is 22.2 Å². The van der Waals surface area contributed by atoms with E-state index >= 15 is 0 Å². The molecule has 0 amide bonds. The minimum absolute atomic E-state index is 0.360. The van der Waals surface area contributed by atoms with Gasteiger partial charge < -0.3 is 4.74 Å². The summed E-state index contributed by atoms with van der Waals surface area (Å²) in [5.74, 6) is 1.13. The molecule has 0 saturated carbocycles. The van der Waals surface area contributed by atoms with E-state index in [0.717, 1.165) is 5.75 Å². The zero-order chi connectivity index (χ0) is 28.5. The lowest BCUT2D eigenvalue weighted by Gasteiger charge is -2.34. The Kier molecular flexibility index (Phi) is 8.20. The van der Waals surface area contributed by atoms with Gasteiger partial charge in [-0.15, -0.1) is 0 Å². The summed E-state index contributed by atoms with van der Waals surface area (Å²) in [7, 11) is -4.46. The van der Waals surface area contributed by atoms with Crippen molar-refractivity contribution < 1.29 is 4.74 Å². The third-order valence-electron chi connectivity index (χ3n) is 8.02. The Labute approximate surface area is 244 Å². The van der Waals surface area contributed by atoms with Crippen LogP contribution in [0.3, 0.4) is 0 Å². The van der Waals surface area contributed by atoms with Crippen molar-refractivity contribution >= 4 is 50.4 Å². The zero-order valence-corrected chi connectivity index (χ0v) is 27.6. The summed E-state index contributed by atoms with van der Waals surface area (Å²) in [5, 5.41) is 7.15. The second-order valence-corrected chi connectivity index (χ2v) is 24.2. The van der Waals surface area contributed by atoms with Crippen LogP contribution >= 0.6 is 7.92 Å². The van der Waals surface area contributed by atoms with Crippen molar-refractivity contribution in [3.05, 3.63) is 132 Å². The molecule has 0 saturated heterocycles. The van der Waals surface area contributed by atoms with Crippen LogP contribution in [0, 0.1) is 6.92 Å². The number of benzene rings is 4. The molecule has 1 atom stereocenters. The monoisotopic (exact) mass is 576 g/mol. The van der Waals surface area contributed by atoms with Crippen molar-refractivity contribution in [2.75, 3.05) is 6.61 Å². The first-order chi connectivity index (χ1) is 19.1. The predicted molar refractivity (Wildman–Crippen MR) is 183 cm³/mol. The molecule has 0 N–H and O–H groups in total. The van der Waals surface area contributed by atoms with E-state index < -0.39 is 24.1 Å². The fraction of sp³-hybridized carbons (Fsp3) is 0.222. The molecule has 204 valence electrons. The van der Waals surface area contributed by atoms with E-state index in [9.17, 15) is 0 Å². The average Bonchev–Trinajstić information content (AvgIpc) is 3.33. The maximum absolute atomic E-state index is 6.58. The Morgan fingerprint density at radius 3 is 1.90 bits per heavy atom. The summed E-state index contributed by atoms with van der Waals surface area (Å²) in [4.78, 5) is 0. The van der Waals surface area contributed by atoms with Crippen LogP contribution in [0.5, 0.6) is 5.75 Å². The molecule has 0 aliphatic heterocycles. The first-order valence-electron chi connectivity index (χ1n) is 14.2. The largest absolute Gasteiger partial charge is 0.490 e. The van der Waals surface area contributed by atoms with Gasteiger partial charge in [0.2, 0.25) is 0 Å². The molecule has 0 spiro atoms. The van der Waals surface area contributed by atoms with Crippen LogP contribution in [-0.2, 0) is 0 Å². The molecule has 5 rings (SSSR count). The van der Waals surface area contributed by atoms with Crippen molar-refractivity contribution in [2.24, 2.45) is 0 Å². The van der Waals surface area contributed by atoms with Crippen molar-refractivity contribution in [1.29, 1.82) is 0 Å². The smallest absolute Gasteiger partial charge is 0.118 e. The lowest BCUT2D eigenvalue weighted by Crippen LogP contribution is -2.51. The molecule has 1 unspecified atom stereocenters. The molecule has 1 nitrogen and oxygen atoms in total. The molecule has 4 aromatic carbocycles. The van der Waals surface area contributed by atoms with Gasteiger partial charge in [0.05, 0.1) is 16.1 Å². The second kappa shape index (κ2) is 11.5. The van der Waals surface area contributed by atoms with Gasteiger partial charge in [-0.3, -0.25) is 0 Å². The predicted octanol–water partition coefficient (Wildman–Crippen LogP) is 7.83. The van der Waals surface area contributed by atoms with Gasteiger partial charge in [0.25, 0.3) is 0 Å². The van der Waals surface area contributed by atoms with E-state index in [-0.39, 0.29) is 0 Å². The maximum Gasteiger partial charge on any atom is 0.118 e. The average molecular weight is 577 g/mol. The van der Waals surface area contributed by atoms with Crippen LogP contribution in [0.15, 0.2) is 116 Å². The lowest BCUT2D eigenvalue weighted by molar-refractivity contribution is 0.368. The third-order valence-corrected chi connectivity index (χ3v) is 16.3.